The van der Waals surface area contributed by atoms with Crippen molar-refractivity contribution in [3.8, 4) is 23.0 Å². The van der Waals surface area contributed by atoms with E-state index in [-0.39, 0.29) is 5.41 Å². The Morgan fingerprint density at radius 3 is 2.26 bits per heavy atom. The fraction of sp³-hybridized carbons (Fsp3) is 0.103. The van der Waals surface area contributed by atoms with E-state index < -0.39 is 0 Å². The number of rotatable bonds is 4. The summed E-state index contributed by atoms with van der Waals surface area (Å²) in [6.07, 6.45) is 3.73. The molecule has 0 fully saturated rings. The standard InChI is InChI=1S/C39H30N6O/c1-39(2,3)25-19-21-40-36(22-25)44-32-14-6-4-12-29(32)30-18-17-28(24-35(30)44)46-27-11-8-10-26(23-27)43-34-16-9-20-41-37(34)45-33-15-7-5-13-31(33)42-38(43)45/h4-24H,1-3H3. The molecule has 0 amide bonds. The smallest absolute Gasteiger partial charge is 0.221 e. The number of hydrogen-bond acceptors (Lipinski definition) is 4. The summed E-state index contributed by atoms with van der Waals surface area (Å²) in [5.74, 6) is 3.17. The largest absolute Gasteiger partial charge is 0.457 e. The minimum atomic E-state index is 0.00549. The highest BCUT2D eigenvalue weighted by atomic mass is 16.5. The number of fused-ring (bicyclic) bond motifs is 8. The highest BCUT2D eigenvalue weighted by molar-refractivity contribution is 6.09. The number of ether oxygens (including phenoxy) is 1. The zero-order valence-corrected chi connectivity index (χ0v) is 25.7. The molecule has 0 saturated heterocycles. The number of imidazole rings is 2. The fourth-order valence-electron chi connectivity index (χ4n) is 6.56. The van der Waals surface area contributed by atoms with Crippen molar-refractivity contribution in [2.24, 2.45) is 0 Å². The first-order valence-electron chi connectivity index (χ1n) is 15.5. The maximum absolute atomic E-state index is 6.58. The molecule has 0 atom stereocenters. The molecular weight excluding hydrogens is 568 g/mol. The normalized spacial score (nSPS) is 12.2. The van der Waals surface area contributed by atoms with Gasteiger partial charge in [0.25, 0.3) is 0 Å². The van der Waals surface area contributed by atoms with Crippen LogP contribution in [0.3, 0.4) is 0 Å². The lowest BCUT2D eigenvalue weighted by molar-refractivity contribution is 0.483. The molecule has 0 aliphatic heterocycles. The first-order valence-corrected chi connectivity index (χ1v) is 15.5. The van der Waals surface area contributed by atoms with Gasteiger partial charge < -0.3 is 4.74 Å². The third-order valence-electron chi connectivity index (χ3n) is 8.76. The molecule has 0 aliphatic carbocycles. The Morgan fingerprint density at radius 1 is 0.587 bits per heavy atom. The molecule has 7 heteroatoms. The van der Waals surface area contributed by atoms with E-state index in [4.69, 9.17) is 19.7 Å². The minimum absolute atomic E-state index is 0.00549. The second kappa shape index (κ2) is 9.78. The van der Waals surface area contributed by atoms with Gasteiger partial charge in [-0.3, -0.25) is 13.5 Å². The van der Waals surface area contributed by atoms with Gasteiger partial charge in [-0.1, -0.05) is 57.2 Å². The van der Waals surface area contributed by atoms with Gasteiger partial charge in [-0.15, -0.1) is 0 Å². The second-order valence-electron chi connectivity index (χ2n) is 12.7. The van der Waals surface area contributed by atoms with Crippen LogP contribution in [0.5, 0.6) is 11.5 Å². The third kappa shape index (κ3) is 4.02. The molecule has 4 aromatic carbocycles. The van der Waals surface area contributed by atoms with Crippen molar-refractivity contribution in [3.63, 3.8) is 0 Å². The lowest BCUT2D eigenvalue weighted by Gasteiger charge is -2.20. The lowest BCUT2D eigenvalue weighted by atomic mass is 9.88. The molecule has 5 heterocycles. The highest BCUT2D eigenvalue weighted by Crippen LogP contribution is 2.36. The Kier molecular flexibility index (Phi) is 5.62. The Morgan fingerprint density at radius 2 is 1.37 bits per heavy atom. The van der Waals surface area contributed by atoms with Crippen molar-refractivity contribution in [1.82, 2.24) is 28.5 Å². The highest BCUT2D eigenvalue weighted by Gasteiger charge is 2.20. The van der Waals surface area contributed by atoms with Gasteiger partial charge in [-0.25, -0.2) is 15.0 Å². The molecule has 0 bridgehead atoms. The van der Waals surface area contributed by atoms with E-state index in [2.05, 4.69) is 107 Å². The monoisotopic (exact) mass is 598 g/mol. The molecule has 0 aliphatic rings. The lowest BCUT2D eigenvalue weighted by Crippen LogP contribution is -2.12. The summed E-state index contributed by atoms with van der Waals surface area (Å²) in [5.41, 5.74) is 8.13. The molecule has 0 spiro atoms. The fourth-order valence-corrected chi connectivity index (χ4v) is 6.56. The zero-order chi connectivity index (χ0) is 31.0. The predicted octanol–water partition coefficient (Wildman–Crippen LogP) is 9.41. The molecule has 5 aromatic heterocycles. The molecule has 9 rings (SSSR count). The summed E-state index contributed by atoms with van der Waals surface area (Å²) in [6, 6.07) is 39.4. The SMILES string of the molecule is CC(C)(C)c1ccnc(-n2c3ccccc3c3ccc(Oc4cccc(-n5c6cccnc6n6c7ccccc7nc56)c4)cc32)c1. The van der Waals surface area contributed by atoms with E-state index in [1.165, 1.54) is 10.9 Å². The summed E-state index contributed by atoms with van der Waals surface area (Å²) in [7, 11) is 0. The number of aromatic nitrogens is 6. The van der Waals surface area contributed by atoms with E-state index in [0.29, 0.717) is 0 Å². The van der Waals surface area contributed by atoms with Crippen LogP contribution in [0.1, 0.15) is 26.3 Å². The van der Waals surface area contributed by atoms with Gasteiger partial charge in [0.2, 0.25) is 5.78 Å². The van der Waals surface area contributed by atoms with Crippen LogP contribution in [0.25, 0.3) is 61.3 Å². The molecule has 46 heavy (non-hydrogen) atoms. The van der Waals surface area contributed by atoms with Gasteiger partial charge in [0.1, 0.15) is 17.3 Å². The molecule has 0 saturated carbocycles. The molecule has 0 N–H and O–H groups in total. The van der Waals surface area contributed by atoms with E-state index in [9.17, 15) is 0 Å². The van der Waals surface area contributed by atoms with Crippen LogP contribution in [0.15, 0.2) is 128 Å². The van der Waals surface area contributed by atoms with Crippen LogP contribution < -0.4 is 4.74 Å². The van der Waals surface area contributed by atoms with E-state index in [1.807, 2.05) is 54.9 Å². The second-order valence-corrected chi connectivity index (χ2v) is 12.7. The van der Waals surface area contributed by atoms with Gasteiger partial charge in [0.15, 0.2) is 5.65 Å². The topological polar surface area (TPSA) is 62.2 Å². The van der Waals surface area contributed by atoms with Crippen LogP contribution in [-0.4, -0.2) is 28.5 Å². The number of nitrogens with zero attached hydrogens (tertiary/aromatic N) is 6. The Bertz CT molecular complexity index is 2620. The third-order valence-corrected chi connectivity index (χ3v) is 8.76. The van der Waals surface area contributed by atoms with Crippen LogP contribution in [0.4, 0.5) is 0 Å². The van der Waals surface area contributed by atoms with Crippen molar-refractivity contribution in [2.75, 3.05) is 0 Å². The summed E-state index contributed by atoms with van der Waals surface area (Å²) >= 11 is 0. The van der Waals surface area contributed by atoms with Crippen molar-refractivity contribution in [2.45, 2.75) is 26.2 Å². The first-order chi connectivity index (χ1) is 22.4. The van der Waals surface area contributed by atoms with Gasteiger partial charge in [0.05, 0.1) is 33.3 Å². The van der Waals surface area contributed by atoms with Crippen molar-refractivity contribution < 1.29 is 4.74 Å². The molecule has 222 valence electrons. The molecule has 0 radical (unpaired) electrons. The van der Waals surface area contributed by atoms with E-state index >= 15 is 0 Å². The zero-order valence-electron chi connectivity index (χ0n) is 25.7. The summed E-state index contributed by atoms with van der Waals surface area (Å²) in [5, 5.41) is 2.33. The van der Waals surface area contributed by atoms with Gasteiger partial charge in [0, 0.05) is 35.3 Å². The van der Waals surface area contributed by atoms with Crippen molar-refractivity contribution >= 4 is 49.8 Å². The van der Waals surface area contributed by atoms with E-state index in [1.54, 1.807) is 0 Å². The molecule has 9 aromatic rings. The van der Waals surface area contributed by atoms with Gasteiger partial charge in [-0.05, 0) is 77.7 Å². The summed E-state index contributed by atoms with van der Waals surface area (Å²) in [6.45, 7) is 6.68. The summed E-state index contributed by atoms with van der Waals surface area (Å²) < 4.78 is 13.1. The average Bonchev–Trinajstić information content (AvgIpc) is 3.71. The van der Waals surface area contributed by atoms with E-state index in [0.717, 1.165) is 67.4 Å². The maximum Gasteiger partial charge on any atom is 0.221 e. The van der Waals surface area contributed by atoms with Crippen molar-refractivity contribution in [1.29, 1.82) is 0 Å². The number of pyridine rings is 2. The first kappa shape index (κ1) is 26.5. The van der Waals surface area contributed by atoms with Crippen LogP contribution in [0.2, 0.25) is 0 Å². The average molecular weight is 599 g/mol. The Balaban J connectivity index is 1.17. The van der Waals surface area contributed by atoms with Crippen LogP contribution >= 0.6 is 0 Å². The number of benzene rings is 4. The quantitative estimate of drug-likeness (QED) is 0.202. The predicted molar refractivity (Wildman–Crippen MR) is 185 cm³/mol. The maximum atomic E-state index is 6.58. The molecule has 0 unspecified atom stereocenters. The molecular formula is C39H30N6O. The number of hydrogen-bond donors (Lipinski definition) is 0. The van der Waals surface area contributed by atoms with Crippen LogP contribution in [0, 0.1) is 0 Å². The van der Waals surface area contributed by atoms with Gasteiger partial charge in [-0.2, -0.15) is 0 Å². The summed E-state index contributed by atoms with van der Waals surface area (Å²) in [4.78, 5) is 14.5. The van der Waals surface area contributed by atoms with Crippen LogP contribution in [-0.2, 0) is 5.41 Å². The van der Waals surface area contributed by atoms with Gasteiger partial charge >= 0.3 is 0 Å². The van der Waals surface area contributed by atoms with Crippen molar-refractivity contribution in [3.05, 3.63) is 133 Å². The Hall–Kier alpha value is -5.95. The minimum Gasteiger partial charge on any atom is -0.457 e. The number of para-hydroxylation sites is 3. The Labute approximate surface area is 265 Å². The molecule has 7 nitrogen and oxygen atoms in total.